The number of sulfone groups is 1. The van der Waals surface area contributed by atoms with Gasteiger partial charge in [-0.15, -0.1) is 0 Å². The third-order valence-corrected chi connectivity index (χ3v) is 5.05. The third kappa shape index (κ3) is 3.02. The van der Waals surface area contributed by atoms with Gasteiger partial charge in [-0.2, -0.15) is 0 Å². The van der Waals surface area contributed by atoms with E-state index in [4.69, 9.17) is 0 Å². The lowest BCUT2D eigenvalue weighted by molar-refractivity contribution is -0.142. The molecule has 0 spiro atoms. The van der Waals surface area contributed by atoms with Gasteiger partial charge in [0.15, 0.2) is 9.84 Å². The minimum atomic E-state index is -3.47. The summed E-state index contributed by atoms with van der Waals surface area (Å²) in [7, 11) is -3.47. The number of pyridine rings is 1. The van der Waals surface area contributed by atoms with E-state index in [-0.39, 0.29) is 10.7 Å². The van der Waals surface area contributed by atoms with Crippen molar-refractivity contribution in [2.45, 2.75) is 37.6 Å². The van der Waals surface area contributed by atoms with Gasteiger partial charge in [0.25, 0.3) is 0 Å². The number of nitrogens with zero attached hydrogens (tertiary/aromatic N) is 2. The minimum Gasteiger partial charge on any atom is -0.480 e. The summed E-state index contributed by atoms with van der Waals surface area (Å²) in [5.41, 5.74) is -0.448. The molecule has 0 radical (unpaired) electrons. The van der Waals surface area contributed by atoms with E-state index in [1.807, 2.05) is 13.8 Å². The van der Waals surface area contributed by atoms with Crippen molar-refractivity contribution in [2.24, 2.45) is 5.41 Å². The fourth-order valence-corrected chi connectivity index (χ4v) is 3.80. The van der Waals surface area contributed by atoms with Gasteiger partial charge in [-0.25, -0.2) is 18.2 Å². The lowest BCUT2D eigenvalue weighted by atomic mass is 9.76. The van der Waals surface area contributed by atoms with Crippen LogP contribution in [0, 0.1) is 5.41 Å². The third-order valence-electron chi connectivity index (χ3n) is 3.93. The molecule has 1 unspecified atom stereocenters. The van der Waals surface area contributed by atoms with Crippen molar-refractivity contribution in [3.05, 3.63) is 18.3 Å². The van der Waals surface area contributed by atoms with Crippen LogP contribution >= 0.6 is 0 Å². The molecular formula is C14H20N2O4S. The van der Waals surface area contributed by atoms with Gasteiger partial charge < -0.3 is 10.0 Å². The molecule has 6 nitrogen and oxygen atoms in total. The summed E-state index contributed by atoms with van der Waals surface area (Å²) in [6.45, 7) is 4.27. The summed E-state index contributed by atoms with van der Waals surface area (Å²) in [6.07, 6.45) is 4.18. The Hall–Kier alpha value is -1.63. The second-order valence-corrected chi connectivity index (χ2v) is 8.11. The van der Waals surface area contributed by atoms with Crippen LogP contribution in [0.2, 0.25) is 0 Å². The van der Waals surface area contributed by atoms with E-state index < -0.39 is 27.3 Å². The van der Waals surface area contributed by atoms with Gasteiger partial charge in [-0.1, -0.05) is 13.8 Å². The number of piperidine rings is 1. The van der Waals surface area contributed by atoms with E-state index in [0.717, 1.165) is 19.1 Å². The second-order valence-electron chi connectivity index (χ2n) is 6.12. The quantitative estimate of drug-likeness (QED) is 0.911. The molecule has 2 heterocycles. The zero-order valence-electron chi connectivity index (χ0n) is 12.4. The van der Waals surface area contributed by atoms with E-state index in [0.29, 0.717) is 6.54 Å². The first kappa shape index (κ1) is 15.8. The molecule has 1 saturated heterocycles. The lowest BCUT2D eigenvalue weighted by Gasteiger charge is -2.44. The molecule has 0 aromatic carbocycles. The number of aliphatic carboxylic acids is 1. The van der Waals surface area contributed by atoms with Crippen molar-refractivity contribution in [1.82, 2.24) is 4.98 Å². The molecule has 1 fully saturated rings. The maximum Gasteiger partial charge on any atom is 0.326 e. The van der Waals surface area contributed by atoms with Crippen LogP contribution in [0.5, 0.6) is 0 Å². The molecule has 1 aliphatic heterocycles. The van der Waals surface area contributed by atoms with Gasteiger partial charge in [-0.05, 0) is 30.4 Å². The van der Waals surface area contributed by atoms with Crippen LogP contribution in [-0.2, 0) is 14.6 Å². The maximum atomic E-state index is 11.9. The molecule has 1 aromatic heterocycles. The Balaban J connectivity index is 2.57. The first-order valence-corrected chi connectivity index (χ1v) is 8.68. The van der Waals surface area contributed by atoms with Gasteiger partial charge in [0.05, 0.1) is 0 Å². The number of hydrogen-bond donors (Lipinski definition) is 1. The molecule has 0 saturated carbocycles. The Morgan fingerprint density at radius 2 is 2.14 bits per heavy atom. The van der Waals surface area contributed by atoms with Crippen molar-refractivity contribution < 1.29 is 18.3 Å². The number of anilines is 1. The molecule has 0 amide bonds. The Kier molecular flexibility index (Phi) is 3.97. The molecular weight excluding hydrogens is 292 g/mol. The fraction of sp³-hybridized carbons (Fsp3) is 0.571. The van der Waals surface area contributed by atoms with Crippen molar-refractivity contribution >= 4 is 21.6 Å². The number of hydrogen-bond acceptors (Lipinski definition) is 5. The van der Waals surface area contributed by atoms with Crippen LogP contribution in [0.3, 0.4) is 0 Å². The summed E-state index contributed by atoms with van der Waals surface area (Å²) in [6, 6.07) is 2.23. The summed E-state index contributed by atoms with van der Waals surface area (Å²) in [5.74, 6) is -0.718. The molecule has 7 heteroatoms. The van der Waals surface area contributed by atoms with Gasteiger partial charge >= 0.3 is 5.97 Å². The smallest absolute Gasteiger partial charge is 0.326 e. The number of rotatable bonds is 3. The number of carboxylic acid groups (broad SMARTS) is 1. The first-order valence-electron chi connectivity index (χ1n) is 6.79. The van der Waals surface area contributed by atoms with Crippen molar-refractivity contribution in [3.63, 3.8) is 0 Å². The average molecular weight is 312 g/mol. The van der Waals surface area contributed by atoms with Crippen LogP contribution in [0.15, 0.2) is 23.2 Å². The predicted octanol–water partition coefficient (Wildman–Crippen LogP) is 1.56. The monoisotopic (exact) mass is 312 g/mol. The van der Waals surface area contributed by atoms with Gasteiger partial charge in [0.1, 0.15) is 16.8 Å². The highest BCUT2D eigenvalue weighted by molar-refractivity contribution is 7.90. The summed E-state index contributed by atoms with van der Waals surface area (Å²) in [4.78, 5) is 17.5. The van der Waals surface area contributed by atoms with Crippen LogP contribution in [0.25, 0.3) is 0 Å². The summed E-state index contributed by atoms with van der Waals surface area (Å²) in [5, 5.41) is 9.58. The highest BCUT2D eigenvalue weighted by atomic mass is 32.2. The van der Waals surface area contributed by atoms with E-state index in [2.05, 4.69) is 4.98 Å². The molecule has 1 aromatic rings. The minimum absolute atomic E-state index is 0.0777. The van der Waals surface area contributed by atoms with Gasteiger partial charge in [0, 0.05) is 19.0 Å². The van der Waals surface area contributed by atoms with Gasteiger partial charge in [0.2, 0.25) is 0 Å². The lowest BCUT2D eigenvalue weighted by Crippen LogP contribution is -2.55. The van der Waals surface area contributed by atoms with E-state index in [9.17, 15) is 18.3 Å². The molecule has 1 atom stereocenters. The van der Waals surface area contributed by atoms with E-state index in [1.54, 1.807) is 11.0 Å². The Morgan fingerprint density at radius 3 is 2.71 bits per heavy atom. The number of carboxylic acids is 1. The van der Waals surface area contributed by atoms with E-state index >= 15 is 0 Å². The zero-order valence-corrected chi connectivity index (χ0v) is 13.2. The van der Waals surface area contributed by atoms with Crippen molar-refractivity contribution in [3.8, 4) is 0 Å². The molecule has 116 valence electrons. The molecule has 0 bridgehead atoms. The summed E-state index contributed by atoms with van der Waals surface area (Å²) >= 11 is 0. The Bertz CT molecular complexity index is 655. The Labute approximate surface area is 124 Å². The zero-order chi connectivity index (χ0) is 15.8. The van der Waals surface area contributed by atoms with Crippen LogP contribution in [-0.4, -0.2) is 43.3 Å². The fourth-order valence-electron chi connectivity index (χ4n) is 2.98. The molecule has 0 aliphatic carbocycles. The number of aromatic nitrogens is 1. The van der Waals surface area contributed by atoms with Crippen LogP contribution in [0.4, 0.5) is 5.82 Å². The average Bonchev–Trinajstić information content (AvgIpc) is 2.35. The molecule has 21 heavy (non-hydrogen) atoms. The first-order chi connectivity index (χ1) is 9.64. The largest absolute Gasteiger partial charge is 0.480 e. The normalized spacial score (nSPS) is 22.0. The maximum absolute atomic E-state index is 11.9. The molecule has 1 aliphatic rings. The van der Waals surface area contributed by atoms with E-state index in [1.165, 1.54) is 12.3 Å². The van der Waals surface area contributed by atoms with Crippen LogP contribution in [0.1, 0.15) is 26.7 Å². The SMILES string of the molecule is CC1(C)CCCN(c2ncccc2S(C)(=O)=O)C1C(=O)O. The number of carbonyl (C=O) groups is 1. The molecule has 2 rings (SSSR count). The standard InChI is InChI=1S/C14H20N2O4S/c1-14(2)7-5-9-16(11(14)13(17)18)12-10(21(3,19)20)6-4-8-15-12/h4,6,8,11H,5,7,9H2,1-3H3,(H,17,18). The van der Waals surface area contributed by atoms with Crippen LogP contribution < -0.4 is 4.90 Å². The van der Waals surface area contributed by atoms with Gasteiger partial charge in [-0.3, -0.25) is 0 Å². The Morgan fingerprint density at radius 1 is 1.48 bits per heavy atom. The predicted molar refractivity (Wildman–Crippen MR) is 79.1 cm³/mol. The summed E-state index contributed by atoms with van der Waals surface area (Å²) < 4.78 is 23.8. The van der Waals surface area contributed by atoms with Crippen molar-refractivity contribution in [1.29, 1.82) is 0 Å². The second kappa shape index (κ2) is 5.29. The van der Waals surface area contributed by atoms with Crippen molar-refractivity contribution in [2.75, 3.05) is 17.7 Å². The topological polar surface area (TPSA) is 87.6 Å². The highest BCUT2D eigenvalue weighted by Crippen LogP contribution is 2.38. The molecule has 1 N–H and O–H groups in total. The highest BCUT2D eigenvalue weighted by Gasteiger charge is 2.44.